The quantitative estimate of drug-likeness (QED) is 0.796. The number of hydrogen-bond acceptors (Lipinski definition) is 2. The first-order valence-corrected chi connectivity index (χ1v) is 5.59. The van der Waals surface area contributed by atoms with Crippen molar-refractivity contribution in [1.82, 2.24) is 9.55 Å². The molecule has 2 rings (SSSR count). The van der Waals surface area contributed by atoms with Crippen molar-refractivity contribution in [2.45, 2.75) is 38.6 Å². The summed E-state index contributed by atoms with van der Waals surface area (Å²) in [6, 6.07) is 0. The molecule has 0 aromatic carbocycles. The van der Waals surface area contributed by atoms with Crippen molar-refractivity contribution >= 4 is 5.95 Å². The van der Waals surface area contributed by atoms with Gasteiger partial charge in [-0.3, -0.25) is 0 Å². The second-order valence-electron chi connectivity index (χ2n) is 4.13. The van der Waals surface area contributed by atoms with Gasteiger partial charge in [0.15, 0.2) is 0 Å². The van der Waals surface area contributed by atoms with Gasteiger partial charge >= 0.3 is 0 Å². The smallest absolute Gasteiger partial charge is 0.202 e. The Labute approximate surface area is 85.5 Å². The van der Waals surface area contributed by atoms with E-state index in [4.69, 9.17) is 0 Å². The molecular formula is C11H19N3. The Morgan fingerprint density at radius 1 is 1.50 bits per heavy atom. The molecule has 1 aliphatic rings. The molecule has 0 amide bonds. The topological polar surface area (TPSA) is 29.9 Å². The van der Waals surface area contributed by atoms with E-state index in [1.165, 1.54) is 32.1 Å². The van der Waals surface area contributed by atoms with E-state index in [2.05, 4.69) is 21.1 Å². The van der Waals surface area contributed by atoms with Gasteiger partial charge in [-0.1, -0.05) is 25.7 Å². The van der Waals surface area contributed by atoms with E-state index in [0.29, 0.717) is 0 Å². The van der Waals surface area contributed by atoms with Crippen LogP contribution in [0, 0.1) is 5.92 Å². The second kappa shape index (κ2) is 4.49. The molecule has 14 heavy (non-hydrogen) atoms. The third kappa shape index (κ3) is 2.08. The zero-order chi connectivity index (χ0) is 9.80. The Bertz CT molecular complexity index is 274. The summed E-state index contributed by atoms with van der Waals surface area (Å²) in [4.78, 5) is 4.23. The van der Waals surface area contributed by atoms with Crippen LogP contribution in [-0.4, -0.2) is 16.6 Å². The maximum Gasteiger partial charge on any atom is 0.202 e. The SMILES string of the molecule is CNc1nccn1CCC1CCCC1. The van der Waals surface area contributed by atoms with Gasteiger partial charge in [0, 0.05) is 26.0 Å². The van der Waals surface area contributed by atoms with Crippen molar-refractivity contribution in [1.29, 1.82) is 0 Å². The number of aromatic nitrogens is 2. The van der Waals surface area contributed by atoms with Crippen LogP contribution in [0.3, 0.4) is 0 Å². The van der Waals surface area contributed by atoms with Gasteiger partial charge in [-0.15, -0.1) is 0 Å². The highest BCUT2D eigenvalue weighted by atomic mass is 15.2. The molecule has 0 spiro atoms. The molecule has 3 heteroatoms. The summed E-state index contributed by atoms with van der Waals surface area (Å²) in [5, 5.41) is 3.10. The van der Waals surface area contributed by atoms with Crippen LogP contribution in [0.15, 0.2) is 12.4 Å². The molecule has 0 bridgehead atoms. The van der Waals surface area contributed by atoms with E-state index in [-0.39, 0.29) is 0 Å². The van der Waals surface area contributed by atoms with Crippen LogP contribution in [0.4, 0.5) is 5.95 Å². The highest BCUT2D eigenvalue weighted by Crippen LogP contribution is 2.28. The van der Waals surface area contributed by atoms with Crippen LogP contribution >= 0.6 is 0 Å². The standard InChI is InChI=1S/C11H19N3/c1-12-11-13-7-9-14(11)8-6-10-4-2-3-5-10/h7,9-10H,2-6,8H2,1H3,(H,12,13). The van der Waals surface area contributed by atoms with E-state index in [9.17, 15) is 0 Å². The van der Waals surface area contributed by atoms with E-state index >= 15 is 0 Å². The summed E-state index contributed by atoms with van der Waals surface area (Å²) in [5.41, 5.74) is 0. The maximum atomic E-state index is 4.23. The average Bonchev–Trinajstić information content (AvgIpc) is 2.85. The van der Waals surface area contributed by atoms with E-state index in [1.807, 2.05) is 13.2 Å². The molecule has 78 valence electrons. The zero-order valence-corrected chi connectivity index (χ0v) is 8.87. The summed E-state index contributed by atoms with van der Waals surface area (Å²) in [5.74, 6) is 1.95. The van der Waals surface area contributed by atoms with Gasteiger partial charge in [0.2, 0.25) is 5.95 Å². The zero-order valence-electron chi connectivity index (χ0n) is 8.87. The van der Waals surface area contributed by atoms with Crippen molar-refractivity contribution in [3.8, 4) is 0 Å². The van der Waals surface area contributed by atoms with Gasteiger partial charge in [-0.05, 0) is 12.3 Å². The Morgan fingerprint density at radius 2 is 2.29 bits per heavy atom. The summed E-state index contributed by atoms with van der Waals surface area (Å²) < 4.78 is 2.21. The summed E-state index contributed by atoms with van der Waals surface area (Å²) in [7, 11) is 1.93. The van der Waals surface area contributed by atoms with Crippen LogP contribution in [0.25, 0.3) is 0 Å². The fraction of sp³-hybridized carbons (Fsp3) is 0.727. The Balaban J connectivity index is 1.84. The first-order chi connectivity index (χ1) is 6.90. The third-order valence-electron chi connectivity index (χ3n) is 3.19. The minimum absolute atomic E-state index is 0.960. The lowest BCUT2D eigenvalue weighted by atomic mass is 10.0. The van der Waals surface area contributed by atoms with Crippen molar-refractivity contribution in [3.63, 3.8) is 0 Å². The fourth-order valence-corrected chi connectivity index (χ4v) is 2.34. The Kier molecular flexibility index (Phi) is 3.07. The molecule has 3 nitrogen and oxygen atoms in total. The Morgan fingerprint density at radius 3 is 3.00 bits per heavy atom. The number of anilines is 1. The molecule has 1 N–H and O–H groups in total. The number of nitrogens with zero attached hydrogens (tertiary/aromatic N) is 2. The molecule has 1 aromatic rings. The van der Waals surface area contributed by atoms with Crippen molar-refractivity contribution < 1.29 is 0 Å². The molecule has 0 aliphatic heterocycles. The molecule has 0 unspecified atom stereocenters. The summed E-state index contributed by atoms with van der Waals surface area (Å²) in [6.07, 6.45) is 11.0. The highest BCUT2D eigenvalue weighted by molar-refractivity contribution is 5.23. The number of nitrogens with one attached hydrogen (secondary N) is 1. The van der Waals surface area contributed by atoms with Gasteiger partial charge in [0.25, 0.3) is 0 Å². The highest BCUT2D eigenvalue weighted by Gasteiger charge is 2.14. The van der Waals surface area contributed by atoms with Gasteiger partial charge in [0.05, 0.1) is 0 Å². The molecule has 0 saturated heterocycles. The molecule has 1 aromatic heterocycles. The van der Waals surface area contributed by atoms with Crippen LogP contribution < -0.4 is 5.32 Å². The molecule has 1 saturated carbocycles. The normalized spacial score (nSPS) is 17.5. The minimum Gasteiger partial charge on any atom is -0.359 e. The second-order valence-corrected chi connectivity index (χ2v) is 4.13. The predicted molar refractivity (Wildman–Crippen MR) is 58.3 cm³/mol. The maximum absolute atomic E-state index is 4.23. The van der Waals surface area contributed by atoms with Gasteiger partial charge in [-0.2, -0.15) is 0 Å². The lowest BCUT2D eigenvalue weighted by Gasteiger charge is -2.11. The van der Waals surface area contributed by atoms with Crippen LogP contribution in [-0.2, 0) is 6.54 Å². The predicted octanol–water partition coefficient (Wildman–Crippen LogP) is 2.51. The van der Waals surface area contributed by atoms with Crippen molar-refractivity contribution in [2.75, 3.05) is 12.4 Å². The Hall–Kier alpha value is -0.990. The number of rotatable bonds is 4. The van der Waals surface area contributed by atoms with Gasteiger partial charge in [0.1, 0.15) is 0 Å². The molecule has 0 atom stereocenters. The van der Waals surface area contributed by atoms with E-state index < -0.39 is 0 Å². The first kappa shape index (κ1) is 9.56. The summed E-state index contributed by atoms with van der Waals surface area (Å²) >= 11 is 0. The van der Waals surface area contributed by atoms with Crippen LogP contribution in [0.1, 0.15) is 32.1 Å². The lowest BCUT2D eigenvalue weighted by molar-refractivity contribution is 0.460. The number of aryl methyl sites for hydroxylation is 1. The van der Waals surface area contributed by atoms with Gasteiger partial charge < -0.3 is 9.88 Å². The van der Waals surface area contributed by atoms with E-state index in [0.717, 1.165) is 18.4 Å². The monoisotopic (exact) mass is 193 g/mol. The number of hydrogen-bond donors (Lipinski definition) is 1. The van der Waals surface area contributed by atoms with Crippen LogP contribution in [0.2, 0.25) is 0 Å². The third-order valence-corrected chi connectivity index (χ3v) is 3.19. The first-order valence-electron chi connectivity index (χ1n) is 5.59. The summed E-state index contributed by atoms with van der Waals surface area (Å²) in [6.45, 7) is 1.11. The van der Waals surface area contributed by atoms with Crippen molar-refractivity contribution in [2.24, 2.45) is 5.92 Å². The molecular weight excluding hydrogens is 174 g/mol. The lowest BCUT2D eigenvalue weighted by Crippen LogP contribution is -2.06. The van der Waals surface area contributed by atoms with E-state index in [1.54, 1.807) is 0 Å². The molecule has 1 heterocycles. The molecule has 1 aliphatic carbocycles. The fourth-order valence-electron chi connectivity index (χ4n) is 2.34. The average molecular weight is 193 g/mol. The molecule has 0 radical (unpaired) electrons. The minimum atomic E-state index is 0.960. The van der Waals surface area contributed by atoms with Crippen LogP contribution in [0.5, 0.6) is 0 Å². The van der Waals surface area contributed by atoms with Crippen molar-refractivity contribution in [3.05, 3.63) is 12.4 Å². The molecule has 1 fully saturated rings. The number of imidazole rings is 1. The largest absolute Gasteiger partial charge is 0.359 e. The van der Waals surface area contributed by atoms with Gasteiger partial charge in [-0.25, -0.2) is 4.98 Å².